The summed E-state index contributed by atoms with van der Waals surface area (Å²) >= 11 is 0. The summed E-state index contributed by atoms with van der Waals surface area (Å²) in [6.07, 6.45) is 1.09. The molecular formula is C23H23NO7S2. The predicted molar refractivity (Wildman–Crippen MR) is 123 cm³/mol. The van der Waals surface area contributed by atoms with Gasteiger partial charge in [0, 0.05) is 25.4 Å². The summed E-state index contributed by atoms with van der Waals surface area (Å²) in [6, 6.07) is 19.0. The molecule has 0 aliphatic rings. The summed E-state index contributed by atoms with van der Waals surface area (Å²) in [5.41, 5.74) is 1.55. The summed E-state index contributed by atoms with van der Waals surface area (Å²) in [6.45, 7) is -0.546. The second-order valence-corrected chi connectivity index (χ2v) is 11.4. The molecule has 0 saturated heterocycles. The molecule has 0 amide bonds. The van der Waals surface area contributed by atoms with Crippen LogP contribution in [0, 0.1) is 0 Å². The first kappa shape index (κ1) is 24.4. The molecule has 0 bridgehead atoms. The lowest BCUT2D eigenvalue weighted by atomic mass is 10.0. The highest BCUT2D eigenvalue weighted by molar-refractivity contribution is 7.90. The molecule has 0 aliphatic carbocycles. The number of aliphatic carboxylic acids is 1. The van der Waals surface area contributed by atoms with E-state index in [4.69, 9.17) is 9.84 Å². The molecule has 0 spiro atoms. The van der Waals surface area contributed by atoms with Gasteiger partial charge >= 0.3 is 5.97 Å². The molecule has 0 atom stereocenters. The van der Waals surface area contributed by atoms with Crippen LogP contribution in [0.1, 0.15) is 5.56 Å². The molecule has 0 aromatic heterocycles. The van der Waals surface area contributed by atoms with Crippen molar-refractivity contribution < 1.29 is 31.5 Å². The molecular weight excluding hydrogens is 466 g/mol. The molecule has 0 fully saturated rings. The van der Waals surface area contributed by atoms with E-state index in [2.05, 4.69) is 0 Å². The Morgan fingerprint density at radius 1 is 0.909 bits per heavy atom. The van der Waals surface area contributed by atoms with Gasteiger partial charge in [-0.2, -0.15) is 4.31 Å². The number of hydrogen-bond donors (Lipinski definition) is 1. The van der Waals surface area contributed by atoms with Gasteiger partial charge in [0.15, 0.2) is 16.4 Å². The Hall–Kier alpha value is -3.21. The van der Waals surface area contributed by atoms with Crippen LogP contribution in [0.15, 0.2) is 82.6 Å². The lowest BCUT2D eigenvalue weighted by molar-refractivity contribution is -0.139. The summed E-state index contributed by atoms with van der Waals surface area (Å²) < 4.78 is 56.3. The van der Waals surface area contributed by atoms with Crippen LogP contribution in [0.5, 0.6) is 5.75 Å². The molecule has 0 heterocycles. The largest absolute Gasteiger partial charge is 0.481 e. The number of rotatable bonds is 9. The van der Waals surface area contributed by atoms with Crippen molar-refractivity contribution in [3.63, 3.8) is 0 Å². The second kappa shape index (κ2) is 9.74. The van der Waals surface area contributed by atoms with E-state index >= 15 is 0 Å². The van der Waals surface area contributed by atoms with E-state index in [9.17, 15) is 21.6 Å². The van der Waals surface area contributed by atoms with Crippen molar-refractivity contribution in [3.05, 3.63) is 78.4 Å². The number of carboxylic acids is 1. The Bertz CT molecular complexity index is 1370. The average molecular weight is 490 g/mol. The average Bonchev–Trinajstić information content (AvgIpc) is 2.78. The zero-order valence-corrected chi connectivity index (χ0v) is 19.6. The third-order valence-corrected chi connectivity index (χ3v) is 7.75. The topological polar surface area (TPSA) is 118 Å². The van der Waals surface area contributed by atoms with E-state index in [0.717, 1.165) is 6.26 Å². The Balaban J connectivity index is 2.01. The number of benzene rings is 3. The zero-order chi connectivity index (χ0) is 24.2. The van der Waals surface area contributed by atoms with Gasteiger partial charge in [-0.25, -0.2) is 21.6 Å². The summed E-state index contributed by atoms with van der Waals surface area (Å²) in [4.78, 5) is 11.2. The monoisotopic (exact) mass is 489 g/mol. The second-order valence-electron chi connectivity index (χ2n) is 7.39. The van der Waals surface area contributed by atoms with E-state index in [-0.39, 0.29) is 22.1 Å². The van der Waals surface area contributed by atoms with Crippen molar-refractivity contribution in [2.24, 2.45) is 0 Å². The normalized spacial score (nSPS) is 12.0. The minimum Gasteiger partial charge on any atom is -0.481 e. The van der Waals surface area contributed by atoms with Crippen LogP contribution in [0.25, 0.3) is 11.1 Å². The lowest BCUT2D eigenvalue weighted by Gasteiger charge is -2.19. The van der Waals surface area contributed by atoms with Crippen molar-refractivity contribution in [1.29, 1.82) is 0 Å². The number of carboxylic acid groups (broad SMARTS) is 1. The zero-order valence-electron chi connectivity index (χ0n) is 18.0. The molecule has 3 rings (SSSR count). The molecule has 0 radical (unpaired) electrons. The molecule has 174 valence electrons. The van der Waals surface area contributed by atoms with Gasteiger partial charge in [0.2, 0.25) is 10.0 Å². The fourth-order valence-electron chi connectivity index (χ4n) is 3.18. The molecule has 3 aromatic carbocycles. The van der Waals surface area contributed by atoms with Gasteiger partial charge in [0.1, 0.15) is 5.75 Å². The summed E-state index contributed by atoms with van der Waals surface area (Å²) in [7, 11) is -5.74. The molecule has 1 N–H and O–H groups in total. The van der Waals surface area contributed by atoms with Crippen molar-refractivity contribution >= 4 is 25.8 Å². The number of sulfonamides is 1. The fourth-order valence-corrected chi connectivity index (χ4v) is 5.02. The highest BCUT2D eigenvalue weighted by atomic mass is 32.2. The maximum Gasteiger partial charge on any atom is 0.341 e. The third-order valence-electron chi connectivity index (χ3n) is 4.82. The number of nitrogens with zero attached hydrogens (tertiary/aromatic N) is 1. The van der Waals surface area contributed by atoms with Gasteiger partial charge < -0.3 is 9.84 Å². The first-order valence-electron chi connectivity index (χ1n) is 9.78. The quantitative estimate of drug-likeness (QED) is 0.491. The number of carbonyl (C=O) groups is 1. The Morgan fingerprint density at radius 3 is 2.21 bits per heavy atom. The van der Waals surface area contributed by atoms with Gasteiger partial charge in [-0.1, -0.05) is 36.4 Å². The number of hydrogen-bond acceptors (Lipinski definition) is 6. The van der Waals surface area contributed by atoms with E-state index in [1.165, 1.54) is 35.6 Å². The van der Waals surface area contributed by atoms with E-state index < -0.39 is 32.4 Å². The van der Waals surface area contributed by atoms with Crippen LogP contribution in [-0.2, 0) is 31.2 Å². The van der Waals surface area contributed by atoms with Gasteiger partial charge in [-0.05, 0) is 47.5 Å². The van der Waals surface area contributed by atoms with E-state index in [1.54, 1.807) is 48.5 Å². The maximum atomic E-state index is 12.9. The predicted octanol–water partition coefficient (Wildman–Crippen LogP) is 3.04. The summed E-state index contributed by atoms with van der Waals surface area (Å²) in [5, 5.41) is 8.98. The Morgan fingerprint density at radius 2 is 1.58 bits per heavy atom. The Labute approximate surface area is 193 Å². The van der Waals surface area contributed by atoms with Crippen LogP contribution in [0.2, 0.25) is 0 Å². The first-order valence-corrected chi connectivity index (χ1v) is 13.1. The van der Waals surface area contributed by atoms with Gasteiger partial charge in [-0.15, -0.1) is 0 Å². The molecule has 10 heteroatoms. The van der Waals surface area contributed by atoms with Crippen molar-refractivity contribution in [3.8, 4) is 16.9 Å². The molecule has 0 saturated carbocycles. The van der Waals surface area contributed by atoms with Gasteiger partial charge in [0.05, 0.1) is 9.79 Å². The van der Waals surface area contributed by atoms with Crippen LogP contribution in [0.4, 0.5) is 0 Å². The fraction of sp³-hybridized carbons (Fsp3) is 0.174. The first-order chi connectivity index (χ1) is 15.5. The highest BCUT2D eigenvalue weighted by Crippen LogP contribution is 2.33. The van der Waals surface area contributed by atoms with Gasteiger partial charge in [0.25, 0.3) is 0 Å². The highest BCUT2D eigenvalue weighted by Gasteiger charge is 2.21. The van der Waals surface area contributed by atoms with Crippen LogP contribution in [0.3, 0.4) is 0 Å². The van der Waals surface area contributed by atoms with Crippen molar-refractivity contribution in [2.45, 2.75) is 16.3 Å². The lowest BCUT2D eigenvalue weighted by Crippen LogP contribution is -2.26. The molecule has 0 unspecified atom stereocenters. The standard InChI is InChI=1S/C23H23NO7S2/c1-24(33(29,30)19-8-4-3-5-9-19)15-17-11-12-22(31-16-23(25)26)21(13-17)18-7-6-10-20(14-18)32(2,27)28/h3-14H,15-16H2,1-2H3,(H,25,26). The van der Waals surface area contributed by atoms with Crippen LogP contribution in [-0.4, -0.2) is 52.1 Å². The molecule has 8 nitrogen and oxygen atoms in total. The molecule has 33 heavy (non-hydrogen) atoms. The van der Waals surface area contributed by atoms with E-state index in [1.807, 2.05) is 0 Å². The van der Waals surface area contributed by atoms with Crippen LogP contribution < -0.4 is 4.74 Å². The van der Waals surface area contributed by atoms with Gasteiger partial charge in [-0.3, -0.25) is 0 Å². The minimum atomic E-state index is -3.73. The molecule has 0 aliphatic heterocycles. The maximum absolute atomic E-state index is 12.9. The van der Waals surface area contributed by atoms with E-state index in [0.29, 0.717) is 16.7 Å². The Kier molecular flexibility index (Phi) is 7.21. The summed E-state index contributed by atoms with van der Waals surface area (Å²) in [5.74, 6) is -0.927. The van der Waals surface area contributed by atoms with Crippen molar-refractivity contribution in [2.75, 3.05) is 19.9 Å². The molecule has 3 aromatic rings. The minimum absolute atomic E-state index is 0.0369. The number of sulfone groups is 1. The van der Waals surface area contributed by atoms with Crippen LogP contribution >= 0.6 is 0 Å². The smallest absolute Gasteiger partial charge is 0.341 e. The SMILES string of the molecule is CN(Cc1ccc(OCC(=O)O)c(-c2cccc(S(C)(=O)=O)c2)c1)S(=O)(=O)c1ccccc1. The van der Waals surface area contributed by atoms with Crippen molar-refractivity contribution in [1.82, 2.24) is 4.31 Å². The third kappa shape index (κ3) is 5.98. The number of ether oxygens (including phenoxy) is 1.